The van der Waals surface area contributed by atoms with Gasteiger partial charge in [-0.1, -0.05) is 165 Å². The standard InChI is InChI=1S/C61H52N2S/c1-5-16-46(17-6-2)50-24-32-54(33-25-50)62(55-34-26-51(27-35-55)47-18-10-7-11-19-47)59-43-44(3)58(42-45(59)4)60-40-41-61(64-60)63(56-36-28-52(29-37-56)48-20-12-8-13-21-48)57-38-30-53(31-39-57)49-22-14-9-15-23-49/h5,7-43H,6H2,1-4H3. The molecule has 1 aromatic heterocycles. The summed E-state index contributed by atoms with van der Waals surface area (Å²) >= 11 is 1.83. The number of aryl methyl sites for hydroxylation is 2. The molecule has 0 aliphatic heterocycles. The van der Waals surface area contributed by atoms with Crippen molar-refractivity contribution in [2.75, 3.05) is 9.80 Å². The second kappa shape index (κ2) is 19.3. The molecule has 3 heteroatoms. The van der Waals surface area contributed by atoms with Gasteiger partial charge in [0.05, 0.1) is 0 Å². The highest BCUT2D eigenvalue weighted by molar-refractivity contribution is 7.19. The van der Waals surface area contributed by atoms with Crippen LogP contribution in [0, 0.1) is 13.8 Å². The van der Waals surface area contributed by atoms with Crippen LogP contribution in [0.1, 0.15) is 37.0 Å². The molecule has 0 aliphatic rings. The molecule has 312 valence electrons. The lowest BCUT2D eigenvalue weighted by atomic mass is 9.99. The van der Waals surface area contributed by atoms with Crippen LogP contribution in [-0.2, 0) is 0 Å². The Labute approximate surface area is 383 Å². The maximum absolute atomic E-state index is 2.41. The quantitative estimate of drug-likeness (QED) is 0.107. The van der Waals surface area contributed by atoms with E-state index in [9.17, 15) is 0 Å². The topological polar surface area (TPSA) is 6.48 Å². The van der Waals surface area contributed by atoms with Crippen molar-refractivity contribution >= 4 is 50.3 Å². The first-order valence-electron chi connectivity index (χ1n) is 22.2. The van der Waals surface area contributed by atoms with Crippen LogP contribution in [0.5, 0.6) is 0 Å². The summed E-state index contributed by atoms with van der Waals surface area (Å²) in [6.07, 6.45) is 7.59. The van der Waals surface area contributed by atoms with Crippen LogP contribution in [-0.4, -0.2) is 0 Å². The molecule has 9 rings (SSSR count). The number of hydrogen-bond donors (Lipinski definition) is 0. The van der Waals surface area contributed by atoms with Crippen LogP contribution in [0.2, 0.25) is 0 Å². The molecule has 0 saturated carbocycles. The van der Waals surface area contributed by atoms with Gasteiger partial charge in [0, 0.05) is 33.3 Å². The van der Waals surface area contributed by atoms with Gasteiger partial charge in [-0.3, -0.25) is 0 Å². The van der Waals surface area contributed by atoms with E-state index in [2.05, 4.69) is 268 Å². The molecule has 0 atom stereocenters. The lowest BCUT2D eigenvalue weighted by Crippen LogP contribution is -2.12. The van der Waals surface area contributed by atoms with Gasteiger partial charge in [-0.05, 0) is 161 Å². The maximum Gasteiger partial charge on any atom is 0.101 e. The zero-order valence-electron chi connectivity index (χ0n) is 36.9. The highest BCUT2D eigenvalue weighted by Crippen LogP contribution is 2.46. The Kier molecular flexibility index (Phi) is 12.6. The van der Waals surface area contributed by atoms with Gasteiger partial charge in [0.15, 0.2) is 0 Å². The van der Waals surface area contributed by atoms with Gasteiger partial charge in [-0.15, -0.1) is 11.3 Å². The van der Waals surface area contributed by atoms with Gasteiger partial charge in [-0.2, -0.15) is 0 Å². The summed E-state index contributed by atoms with van der Waals surface area (Å²) in [5.74, 6) is 0. The molecule has 0 spiro atoms. The van der Waals surface area contributed by atoms with Crippen molar-refractivity contribution in [3.05, 3.63) is 247 Å². The summed E-state index contributed by atoms with van der Waals surface area (Å²) in [6, 6.07) is 77.0. The largest absolute Gasteiger partial charge is 0.310 e. The van der Waals surface area contributed by atoms with Crippen LogP contribution in [0.4, 0.5) is 33.4 Å². The number of allylic oxidation sites excluding steroid dienone is 4. The summed E-state index contributed by atoms with van der Waals surface area (Å²) in [7, 11) is 0. The van der Waals surface area contributed by atoms with Crippen LogP contribution in [0.3, 0.4) is 0 Å². The summed E-state index contributed by atoms with van der Waals surface area (Å²) in [6.45, 7) is 8.76. The average molecular weight is 845 g/mol. The van der Waals surface area contributed by atoms with Crippen LogP contribution < -0.4 is 9.80 Å². The number of benzene rings is 8. The maximum atomic E-state index is 2.41. The average Bonchev–Trinajstić information content (AvgIpc) is 3.84. The molecule has 9 aromatic rings. The fourth-order valence-electron chi connectivity index (χ4n) is 8.52. The summed E-state index contributed by atoms with van der Waals surface area (Å²) in [5.41, 5.74) is 19.0. The van der Waals surface area contributed by atoms with Crippen LogP contribution in [0.15, 0.2) is 231 Å². The van der Waals surface area contributed by atoms with Crippen LogP contribution in [0.25, 0.3) is 49.4 Å². The second-order valence-corrected chi connectivity index (χ2v) is 17.2. The Morgan fingerprint density at radius 1 is 0.453 bits per heavy atom. The zero-order valence-corrected chi connectivity index (χ0v) is 37.8. The number of thiophene rings is 1. The van der Waals surface area contributed by atoms with Gasteiger partial charge in [-0.25, -0.2) is 0 Å². The molecule has 1 heterocycles. The third-order valence-corrected chi connectivity index (χ3v) is 12.9. The van der Waals surface area contributed by atoms with Crippen molar-refractivity contribution < 1.29 is 0 Å². The number of anilines is 6. The first-order valence-corrected chi connectivity index (χ1v) is 23.0. The lowest BCUT2D eigenvalue weighted by molar-refractivity contribution is 1.22. The fourth-order valence-corrected chi connectivity index (χ4v) is 9.65. The molecule has 8 aromatic carbocycles. The number of nitrogens with zero attached hydrogens (tertiary/aromatic N) is 2. The van der Waals surface area contributed by atoms with Crippen molar-refractivity contribution in [2.45, 2.75) is 34.1 Å². The summed E-state index contributed by atoms with van der Waals surface area (Å²) in [5, 5.41) is 1.16. The first kappa shape index (κ1) is 41.9. The Hall–Kier alpha value is -7.46. The molecule has 0 unspecified atom stereocenters. The van der Waals surface area contributed by atoms with E-state index in [0.29, 0.717) is 0 Å². The van der Waals surface area contributed by atoms with Crippen molar-refractivity contribution in [3.63, 3.8) is 0 Å². The van der Waals surface area contributed by atoms with E-state index < -0.39 is 0 Å². The minimum atomic E-state index is 0.986. The Morgan fingerprint density at radius 3 is 1.31 bits per heavy atom. The molecule has 0 N–H and O–H groups in total. The van der Waals surface area contributed by atoms with Crippen molar-refractivity contribution in [1.29, 1.82) is 0 Å². The molecule has 0 fully saturated rings. The third kappa shape index (κ3) is 9.04. The van der Waals surface area contributed by atoms with E-state index in [1.165, 1.54) is 66.1 Å². The third-order valence-electron chi connectivity index (χ3n) is 11.8. The predicted octanol–water partition coefficient (Wildman–Crippen LogP) is 18.3. The Balaban J connectivity index is 1.09. The van der Waals surface area contributed by atoms with Gasteiger partial charge in [0.1, 0.15) is 5.00 Å². The number of hydrogen-bond acceptors (Lipinski definition) is 3. The van der Waals surface area contributed by atoms with Crippen molar-refractivity contribution in [2.24, 2.45) is 0 Å². The van der Waals surface area contributed by atoms with E-state index in [1.807, 2.05) is 11.3 Å². The molecular formula is C61H52N2S. The highest BCUT2D eigenvalue weighted by Gasteiger charge is 2.20. The van der Waals surface area contributed by atoms with E-state index in [0.717, 1.165) is 39.9 Å². The highest BCUT2D eigenvalue weighted by atomic mass is 32.1. The molecular weight excluding hydrogens is 793 g/mol. The summed E-state index contributed by atoms with van der Waals surface area (Å²) in [4.78, 5) is 6.02. The van der Waals surface area contributed by atoms with Gasteiger partial charge < -0.3 is 9.80 Å². The monoisotopic (exact) mass is 844 g/mol. The van der Waals surface area contributed by atoms with Crippen molar-refractivity contribution in [1.82, 2.24) is 0 Å². The van der Waals surface area contributed by atoms with Gasteiger partial charge in [0.25, 0.3) is 0 Å². The molecule has 64 heavy (non-hydrogen) atoms. The normalized spacial score (nSPS) is 11.5. The van der Waals surface area contributed by atoms with E-state index in [-0.39, 0.29) is 0 Å². The predicted molar refractivity (Wildman–Crippen MR) is 278 cm³/mol. The SMILES string of the molecule is CC=CC(=CCC)c1ccc(N(c2ccc(-c3ccccc3)cc2)c2cc(C)c(-c3ccc(N(c4ccc(-c5ccccc5)cc4)c4ccc(-c5ccccc5)cc4)s3)cc2C)cc1. The van der Waals surface area contributed by atoms with Crippen molar-refractivity contribution in [3.8, 4) is 43.8 Å². The molecule has 0 aliphatic carbocycles. The van der Waals surface area contributed by atoms with Crippen LogP contribution >= 0.6 is 11.3 Å². The molecule has 0 saturated heterocycles. The molecule has 0 amide bonds. The zero-order chi connectivity index (χ0) is 43.8. The van der Waals surface area contributed by atoms with Gasteiger partial charge in [0.2, 0.25) is 0 Å². The minimum absolute atomic E-state index is 0.986. The Morgan fingerprint density at radius 2 is 0.875 bits per heavy atom. The van der Waals surface area contributed by atoms with E-state index >= 15 is 0 Å². The molecule has 0 radical (unpaired) electrons. The van der Waals surface area contributed by atoms with E-state index in [1.54, 1.807) is 0 Å². The Bertz CT molecular complexity index is 2920. The lowest BCUT2D eigenvalue weighted by Gasteiger charge is -2.28. The van der Waals surface area contributed by atoms with Gasteiger partial charge >= 0.3 is 0 Å². The van der Waals surface area contributed by atoms with E-state index in [4.69, 9.17) is 0 Å². The fraction of sp³-hybridized carbons (Fsp3) is 0.0820. The molecule has 0 bridgehead atoms. The smallest absolute Gasteiger partial charge is 0.101 e. The minimum Gasteiger partial charge on any atom is -0.310 e. The summed E-state index contributed by atoms with van der Waals surface area (Å²) < 4.78 is 0. The second-order valence-electron chi connectivity index (χ2n) is 16.1. The molecule has 2 nitrogen and oxygen atoms in total. The first-order chi connectivity index (χ1) is 31.5. The number of rotatable bonds is 13.